The molecule has 6 nitrogen and oxygen atoms in total. The molecule has 0 saturated carbocycles. The van der Waals surface area contributed by atoms with Gasteiger partial charge in [-0.15, -0.1) is 0 Å². The molecule has 2 saturated heterocycles. The van der Waals surface area contributed by atoms with Gasteiger partial charge < -0.3 is 0 Å². The van der Waals surface area contributed by atoms with E-state index < -0.39 is 26.1 Å². The van der Waals surface area contributed by atoms with Crippen LogP contribution in [0.1, 0.15) is 6.42 Å². The molecular weight excluding hydrogens is 289 g/mol. The van der Waals surface area contributed by atoms with Gasteiger partial charge in [0.05, 0.1) is 25.4 Å². The van der Waals surface area contributed by atoms with Gasteiger partial charge in [-0.1, -0.05) is 0 Å². The molecular formula is C5H8Cl2O6P2. The highest BCUT2D eigenvalue weighted by Crippen LogP contribution is 2.61. The van der Waals surface area contributed by atoms with Crippen LogP contribution in [0.25, 0.3) is 0 Å². The van der Waals surface area contributed by atoms with Crippen LogP contribution in [0.3, 0.4) is 0 Å². The third-order valence-corrected chi connectivity index (χ3v) is 4.98. The van der Waals surface area contributed by atoms with Crippen LogP contribution < -0.4 is 0 Å². The lowest BCUT2D eigenvalue weighted by Crippen LogP contribution is -2.20. The third-order valence-electron chi connectivity index (χ3n) is 1.91. The SMILES string of the molecule is O=P1(Cl)OCC(CC2COP(=O)(Cl)O2)O1. The third kappa shape index (κ3) is 3.42. The molecule has 4 atom stereocenters. The Labute approximate surface area is 95.8 Å². The molecule has 0 aromatic carbocycles. The molecule has 2 aliphatic rings. The van der Waals surface area contributed by atoms with Gasteiger partial charge in [-0.05, 0) is 0 Å². The molecule has 2 fully saturated rings. The van der Waals surface area contributed by atoms with E-state index in [1.54, 1.807) is 0 Å². The lowest BCUT2D eigenvalue weighted by molar-refractivity contribution is 0.139. The Morgan fingerprint density at radius 3 is 1.67 bits per heavy atom. The molecule has 0 N–H and O–H groups in total. The Hall–Kier alpha value is 0.880. The summed E-state index contributed by atoms with van der Waals surface area (Å²) >= 11 is 10.7. The van der Waals surface area contributed by atoms with Crippen LogP contribution in [-0.4, -0.2) is 25.4 Å². The van der Waals surface area contributed by atoms with Crippen molar-refractivity contribution in [1.82, 2.24) is 0 Å². The molecule has 0 aromatic rings. The molecule has 2 aliphatic heterocycles. The largest absolute Gasteiger partial charge is 0.424 e. The fourth-order valence-electron chi connectivity index (χ4n) is 1.34. The smallest absolute Gasteiger partial charge is 0.294 e. The zero-order valence-electron chi connectivity index (χ0n) is 7.38. The molecule has 0 aliphatic carbocycles. The number of hydrogen-bond donors (Lipinski definition) is 0. The van der Waals surface area contributed by atoms with Gasteiger partial charge in [0.15, 0.2) is 0 Å². The summed E-state index contributed by atoms with van der Waals surface area (Å²) in [4.78, 5) is 0. The van der Waals surface area contributed by atoms with Crippen molar-refractivity contribution in [3.63, 3.8) is 0 Å². The first-order valence-corrected chi connectivity index (χ1v) is 9.01. The van der Waals surface area contributed by atoms with Crippen LogP contribution in [0.5, 0.6) is 0 Å². The molecule has 4 unspecified atom stereocenters. The van der Waals surface area contributed by atoms with E-state index in [2.05, 4.69) is 0 Å². The Kier molecular flexibility index (Phi) is 3.52. The van der Waals surface area contributed by atoms with E-state index in [-0.39, 0.29) is 13.2 Å². The van der Waals surface area contributed by atoms with E-state index in [1.165, 1.54) is 0 Å². The maximum absolute atomic E-state index is 11.1. The van der Waals surface area contributed by atoms with Gasteiger partial charge in [-0.2, -0.15) is 0 Å². The molecule has 88 valence electrons. The molecule has 10 heteroatoms. The van der Waals surface area contributed by atoms with E-state index in [0.29, 0.717) is 6.42 Å². The Morgan fingerprint density at radius 2 is 1.40 bits per heavy atom. The summed E-state index contributed by atoms with van der Waals surface area (Å²) in [5.41, 5.74) is 0. The predicted octanol–water partition coefficient (Wildman–Crippen LogP) is 2.90. The van der Waals surface area contributed by atoms with E-state index in [0.717, 1.165) is 0 Å². The zero-order valence-corrected chi connectivity index (χ0v) is 10.7. The van der Waals surface area contributed by atoms with Crippen molar-refractivity contribution in [2.24, 2.45) is 0 Å². The zero-order chi connectivity index (χ0) is 11.1. The Balaban J connectivity index is 1.85. The Morgan fingerprint density at radius 1 is 1.00 bits per heavy atom. The summed E-state index contributed by atoms with van der Waals surface area (Å²) in [6.45, 7) is -6.59. The van der Waals surface area contributed by atoms with E-state index in [4.69, 9.17) is 40.6 Å². The highest BCUT2D eigenvalue weighted by Gasteiger charge is 2.41. The topological polar surface area (TPSA) is 71.1 Å². The minimum absolute atomic E-state index is 0.118. The van der Waals surface area contributed by atoms with Crippen LogP contribution in [0.4, 0.5) is 0 Å². The second-order valence-electron chi connectivity index (χ2n) is 3.14. The van der Waals surface area contributed by atoms with Crippen molar-refractivity contribution in [2.75, 3.05) is 13.2 Å². The summed E-state index contributed by atoms with van der Waals surface area (Å²) in [7, 11) is 0. The maximum Gasteiger partial charge on any atom is 0.424 e. The highest BCUT2D eigenvalue weighted by atomic mass is 35.7. The predicted molar refractivity (Wildman–Crippen MR) is 53.2 cm³/mol. The quantitative estimate of drug-likeness (QED) is 0.730. The lowest BCUT2D eigenvalue weighted by atomic mass is 10.2. The van der Waals surface area contributed by atoms with Crippen LogP contribution in [0.15, 0.2) is 0 Å². The second-order valence-corrected chi connectivity index (χ2v) is 8.29. The average molecular weight is 297 g/mol. The molecule has 0 spiro atoms. The first-order chi connectivity index (χ1) is 6.86. The fraction of sp³-hybridized carbons (Fsp3) is 1.00. The highest BCUT2D eigenvalue weighted by molar-refractivity contribution is 7.81. The summed E-state index contributed by atoms with van der Waals surface area (Å²) in [6.07, 6.45) is -0.568. The molecule has 0 aromatic heterocycles. The molecule has 15 heavy (non-hydrogen) atoms. The van der Waals surface area contributed by atoms with Crippen LogP contribution in [0.2, 0.25) is 0 Å². The number of rotatable bonds is 2. The van der Waals surface area contributed by atoms with Crippen molar-refractivity contribution in [3.8, 4) is 0 Å². The van der Waals surface area contributed by atoms with Crippen LogP contribution in [0, 0.1) is 0 Å². The van der Waals surface area contributed by atoms with Crippen molar-refractivity contribution in [3.05, 3.63) is 0 Å². The minimum Gasteiger partial charge on any atom is -0.294 e. The Bertz CT molecular complexity index is 316. The van der Waals surface area contributed by atoms with Gasteiger partial charge in [0.25, 0.3) is 0 Å². The standard InChI is InChI=1S/C5H8Cl2O6P2/c6-14(8)10-2-4(12-14)1-5-3-11-15(7,9)13-5/h4-5H,1-3H2. The van der Waals surface area contributed by atoms with Crippen molar-refractivity contribution in [1.29, 1.82) is 0 Å². The fourth-order valence-corrected chi connectivity index (χ4v) is 4.17. The first-order valence-electron chi connectivity index (χ1n) is 4.12. The molecule has 0 amide bonds. The van der Waals surface area contributed by atoms with Gasteiger partial charge in [0.1, 0.15) is 0 Å². The monoisotopic (exact) mass is 296 g/mol. The minimum atomic E-state index is -3.41. The first kappa shape index (κ1) is 12.3. The lowest BCUT2D eigenvalue weighted by Gasteiger charge is -2.10. The van der Waals surface area contributed by atoms with E-state index in [1.807, 2.05) is 0 Å². The second kappa shape index (κ2) is 4.28. The number of hydrogen-bond acceptors (Lipinski definition) is 6. The molecule has 0 bridgehead atoms. The van der Waals surface area contributed by atoms with Gasteiger partial charge in [-0.3, -0.25) is 18.1 Å². The summed E-state index contributed by atoms with van der Waals surface area (Å²) in [6, 6.07) is 0. The van der Waals surface area contributed by atoms with Crippen molar-refractivity contribution in [2.45, 2.75) is 18.6 Å². The van der Waals surface area contributed by atoms with Gasteiger partial charge >= 0.3 is 13.9 Å². The average Bonchev–Trinajstić information content (AvgIpc) is 2.56. The van der Waals surface area contributed by atoms with Gasteiger partial charge in [0, 0.05) is 28.9 Å². The van der Waals surface area contributed by atoms with Crippen molar-refractivity contribution >= 4 is 36.4 Å². The van der Waals surface area contributed by atoms with Crippen LogP contribution in [-0.2, 0) is 27.2 Å². The van der Waals surface area contributed by atoms with Crippen molar-refractivity contribution < 1.29 is 27.2 Å². The summed E-state index contributed by atoms with van der Waals surface area (Å²) in [5, 5.41) is 0. The molecule has 2 rings (SSSR count). The van der Waals surface area contributed by atoms with E-state index in [9.17, 15) is 9.13 Å². The van der Waals surface area contributed by atoms with Gasteiger partial charge in [-0.25, -0.2) is 9.13 Å². The number of halogens is 2. The maximum atomic E-state index is 11.1. The normalized spacial score (nSPS) is 51.1. The van der Waals surface area contributed by atoms with E-state index >= 15 is 0 Å². The summed E-state index contributed by atoms with van der Waals surface area (Å²) in [5.74, 6) is 0. The molecule has 0 radical (unpaired) electrons. The van der Waals surface area contributed by atoms with Gasteiger partial charge in [0.2, 0.25) is 0 Å². The molecule has 2 heterocycles. The van der Waals surface area contributed by atoms with Crippen LogP contribution >= 0.6 is 36.4 Å². The summed E-state index contributed by atoms with van der Waals surface area (Å²) < 4.78 is 41.4.